The van der Waals surface area contributed by atoms with E-state index in [0.29, 0.717) is 25.4 Å². The first-order chi connectivity index (χ1) is 12.9. The van der Waals surface area contributed by atoms with Gasteiger partial charge in [0.05, 0.1) is 11.1 Å². The Morgan fingerprint density at radius 1 is 1.33 bits per heavy atom. The first kappa shape index (κ1) is 18.2. The molecule has 2 aliphatic rings. The molecule has 146 valence electrons. The van der Waals surface area contributed by atoms with Crippen molar-refractivity contribution in [2.24, 2.45) is 5.92 Å². The maximum atomic E-state index is 12.9. The third-order valence-electron chi connectivity index (χ3n) is 5.95. The number of hydrogen-bond donors (Lipinski definition) is 0. The minimum atomic E-state index is -0.148. The predicted molar refractivity (Wildman–Crippen MR) is 100 cm³/mol. The van der Waals surface area contributed by atoms with E-state index in [2.05, 4.69) is 15.2 Å². The van der Waals surface area contributed by atoms with E-state index >= 15 is 0 Å². The lowest BCUT2D eigenvalue weighted by Gasteiger charge is -2.41. The molecule has 0 N–H and O–H groups in total. The zero-order valence-electron chi connectivity index (χ0n) is 16.6. The van der Waals surface area contributed by atoms with Gasteiger partial charge < -0.3 is 9.42 Å². The Morgan fingerprint density at radius 2 is 2.15 bits per heavy atom. The number of piperidine rings is 1. The van der Waals surface area contributed by atoms with E-state index in [1.807, 2.05) is 36.4 Å². The number of hydrogen-bond acceptors (Lipinski definition) is 5. The van der Waals surface area contributed by atoms with Crippen molar-refractivity contribution in [3.05, 3.63) is 29.2 Å². The zero-order valence-corrected chi connectivity index (χ0v) is 16.6. The first-order valence-electron chi connectivity index (χ1n) is 10.0. The number of amides is 1. The van der Waals surface area contributed by atoms with Gasteiger partial charge in [0, 0.05) is 38.7 Å². The van der Waals surface area contributed by atoms with E-state index in [-0.39, 0.29) is 11.3 Å². The summed E-state index contributed by atoms with van der Waals surface area (Å²) in [5.74, 6) is 2.34. The van der Waals surface area contributed by atoms with Crippen LogP contribution in [0.2, 0.25) is 0 Å². The van der Waals surface area contributed by atoms with Crippen LogP contribution in [0.15, 0.2) is 10.6 Å². The van der Waals surface area contributed by atoms with Gasteiger partial charge in [-0.25, -0.2) is 0 Å². The number of aromatic nitrogens is 4. The molecule has 1 unspecified atom stereocenters. The van der Waals surface area contributed by atoms with Gasteiger partial charge in [-0.15, -0.1) is 0 Å². The van der Waals surface area contributed by atoms with Crippen LogP contribution in [-0.2, 0) is 16.8 Å². The molecule has 1 atom stereocenters. The van der Waals surface area contributed by atoms with Crippen molar-refractivity contribution in [3.63, 3.8) is 0 Å². The molecule has 0 aromatic carbocycles. The third kappa shape index (κ3) is 3.92. The Labute approximate surface area is 160 Å². The van der Waals surface area contributed by atoms with Crippen molar-refractivity contribution < 1.29 is 9.32 Å². The molecular weight excluding hydrogens is 342 g/mol. The molecule has 27 heavy (non-hydrogen) atoms. The number of carbonyl (C=O) groups excluding carboxylic acids is 1. The lowest BCUT2D eigenvalue weighted by Crippen LogP contribution is -2.49. The average molecular weight is 371 g/mol. The molecule has 1 amide bonds. The highest BCUT2D eigenvalue weighted by molar-refractivity contribution is 5.76. The summed E-state index contributed by atoms with van der Waals surface area (Å²) in [6, 6.07) is 2.05. The molecule has 7 heteroatoms. The zero-order chi connectivity index (χ0) is 19.0. The van der Waals surface area contributed by atoms with Crippen LogP contribution >= 0.6 is 0 Å². The van der Waals surface area contributed by atoms with Crippen LogP contribution in [0.3, 0.4) is 0 Å². The summed E-state index contributed by atoms with van der Waals surface area (Å²) in [6.07, 6.45) is 6.13. The monoisotopic (exact) mass is 371 g/mol. The molecular formula is C20H29N5O2. The minimum Gasteiger partial charge on any atom is -0.342 e. The van der Waals surface area contributed by atoms with Crippen molar-refractivity contribution in [1.29, 1.82) is 0 Å². The topological polar surface area (TPSA) is 77.0 Å². The molecule has 3 heterocycles. The smallest absolute Gasteiger partial charge is 0.224 e. The molecule has 2 aromatic rings. The Balaban J connectivity index is 1.46. The van der Waals surface area contributed by atoms with Crippen molar-refractivity contribution >= 4 is 5.91 Å². The van der Waals surface area contributed by atoms with Gasteiger partial charge in [0.25, 0.3) is 0 Å². The summed E-state index contributed by atoms with van der Waals surface area (Å²) < 4.78 is 7.21. The highest BCUT2D eigenvalue weighted by Gasteiger charge is 2.45. The van der Waals surface area contributed by atoms with Crippen molar-refractivity contribution in [2.45, 2.75) is 71.3 Å². The van der Waals surface area contributed by atoms with Gasteiger partial charge in [0.15, 0.2) is 5.82 Å². The molecule has 4 rings (SSSR count). The van der Waals surface area contributed by atoms with E-state index in [0.717, 1.165) is 48.9 Å². The average Bonchev–Trinajstić information content (AvgIpc) is 3.23. The summed E-state index contributed by atoms with van der Waals surface area (Å²) in [5.41, 5.74) is 1.95. The van der Waals surface area contributed by atoms with E-state index < -0.39 is 0 Å². The Morgan fingerprint density at radius 3 is 2.78 bits per heavy atom. The van der Waals surface area contributed by atoms with Crippen LogP contribution in [0, 0.1) is 26.7 Å². The largest absolute Gasteiger partial charge is 0.342 e. The number of nitrogens with zero attached hydrogens (tertiary/aromatic N) is 5. The lowest BCUT2D eigenvalue weighted by atomic mass is 9.74. The summed E-state index contributed by atoms with van der Waals surface area (Å²) in [7, 11) is 0. The van der Waals surface area contributed by atoms with Gasteiger partial charge in [0.2, 0.25) is 11.8 Å². The van der Waals surface area contributed by atoms with Crippen LogP contribution in [0.1, 0.15) is 61.6 Å². The Kier molecular flexibility index (Phi) is 4.78. The fourth-order valence-electron chi connectivity index (χ4n) is 4.44. The molecule has 1 aliphatic heterocycles. The van der Waals surface area contributed by atoms with Crippen LogP contribution in [0.5, 0.6) is 0 Å². The van der Waals surface area contributed by atoms with Crippen molar-refractivity contribution in [3.8, 4) is 0 Å². The number of likely N-dealkylation sites (tertiary alicyclic amines) is 1. The Hall–Kier alpha value is -2.18. The van der Waals surface area contributed by atoms with Crippen molar-refractivity contribution in [1.82, 2.24) is 24.8 Å². The summed E-state index contributed by atoms with van der Waals surface area (Å²) in [5, 5.41) is 8.72. The van der Waals surface area contributed by atoms with Gasteiger partial charge in [-0.05, 0) is 45.1 Å². The Bertz CT molecular complexity index is 822. The summed E-state index contributed by atoms with van der Waals surface area (Å²) in [4.78, 5) is 19.5. The van der Waals surface area contributed by atoms with Crippen LogP contribution in [0.25, 0.3) is 0 Å². The van der Waals surface area contributed by atoms with E-state index in [1.165, 1.54) is 12.8 Å². The molecule has 7 nitrogen and oxygen atoms in total. The molecule has 2 aromatic heterocycles. The van der Waals surface area contributed by atoms with Gasteiger partial charge in [0.1, 0.15) is 0 Å². The minimum absolute atomic E-state index is 0.148. The molecule has 0 spiro atoms. The standard InChI is InChI=1S/C20H29N5O2/c1-14-11-15(2)25(22-14)10-7-18(26)24-9-4-8-20(13-24,12-17-5-6-17)19-21-16(3)27-23-19/h11,17H,4-10,12-13H2,1-3H3. The second-order valence-electron chi connectivity index (χ2n) is 8.38. The maximum absolute atomic E-state index is 12.9. The second-order valence-corrected chi connectivity index (χ2v) is 8.38. The number of carbonyl (C=O) groups is 1. The summed E-state index contributed by atoms with van der Waals surface area (Å²) >= 11 is 0. The third-order valence-corrected chi connectivity index (χ3v) is 5.95. The van der Waals surface area contributed by atoms with Gasteiger partial charge in [-0.3, -0.25) is 9.48 Å². The van der Waals surface area contributed by atoms with Gasteiger partial charge in [-0.1, -0.05) is 18.0 Å². The second kappa shape index (κ2) is 7.09. The molecule has 2 fully saturated rings. The number of aryl methyl sites for hydroxylation is 4. The quantitative estimate of drug-likeness (QED) is 0.780. The van der Waals surface area contributed by atoms with Crippen LogP contribution in [-0.4, -0.2) is 43.8 Å². The molecule has 0 radical (unpaired) electrons. The molecule has 0 bridgehead atoms. The van der Waals surface area contributed by atoms with Crippen molar-refractivity contribution in [2.75, 3.05) is 13.1 Å². The molecule has 1 saturated heterocycles. The van der Waals surface area contributed by atoms with Crippen LogP contribution < -0.4 is 0 Å². The van der Waals surface area contributed by atoms with E-state index in [9.17, 15) is 4.79 Å². The van der Waals surface area contributed by atoms with Crippen LogP contribution in [0.4, 0.5) is 0 Å². The fourth-order valence-corrected chi connectivity index (χ4v) is 4.44. The maximum Gasteiger partial charge on any atom is 0.224 e. The molecule has 1 saturated carbocycles. The first-order valence-corrected chi connectivity index (χ1v) is 10.0. The predicted octanol–water partition coefficient (Wildman–Crippen LogP) is 2.94. The SMILES string of the molecule is Cc1cc(C)n(CCC(=O)N2CCCC(CC3CC3)(c3noc(C)n3)C2)n1. The highest BCUT2D eigenvalue weighted by Crippen LogP contribution is 2.45. The van der Waals surface area contributed by atoms with E-state index in [4.69, 9.17) is 4.52 Å². The van der Waals surface area contributed by atoms with Gasteiger partial charge in [-0.2, -0.15) is 10.1 Å². The number of rotatable bonds is 6. The fraction of sp³-hybridized carbons (Fsp3) is 0.700. The highest BCUT2D eigenvalue weighted by atomic mass is 16.5. The normalized spacial score (nSPS) is 23.0. The van der Waals surface area contributed by atoms with Gasteiger partial charge >= 0.3 is 0 Å². The summed E-state index contributed by atoms with van der Waals surface area (Å²) in [6.45, 7) is 8.00. The molecule has 1 aliphatic carbocycles. The van der Waals surface area contributed by atoms with E-state index in [1.54, 1.807) is 0 Å². The lowest BCUT2D eigenvalue weighted by molar-refractivity contribution is -0.134.